The van der Waals surface area contributed by atoms with Crippen molar-refractivity contribution in [3.63, 3.8) is 0 Å². The molecule has 1 N–H and O–H groups in total. The van der Waals surface area contributed by atoms with Crippen LogP contribution < -0.4 is 5.32 Å². The molecule has 0 unspecified atom stereocenters. The van der Waals surface area contributed by atoms with Crippen molar-refractivity contribution in [3.8, 4) is 0 Å². The number of carbonyl (C=O) groups is 1. The third-order valence-electron chi connectivity index (χ3n) is 3.47. The van der Waals surface area contributed by atoms with Crippen LogP contribution in [0, 0.1) is 0 Å². The van der Waals surface area contributed by atoms with E-state index in [0.29, 0.717) is 39.1 Å². The zero-order valence-electron chi connectivity index (χ0n) is 12.1. The molecule has 21 heavy (non-hydrogen) atoms. The number of nitrogens with zero attached hydrogens (tertiary/aromatic N) is 2. The fourth-order valence-electron chi connectivity index (χ4n) is 2.27. The number of hydrogen-bond acceptors (Lipinski definition) is 5. The number of sulfonamides is 1. The molecule has 0 spiro atoms. The summed E-state index contributed by atoms with van der Waals surface area (Å²) < 4.78 is 24.3. The molecule has 6 nitrogen and oxygen atoms in total. The molecule has 1 amide bonds. The number of thiophene rings is 1. The summed E-state index contributed by atoms with van der Waals surface area (Å²) in [5.74, 6) is 0.0345. The number of carbonyl (C=O) groups excluding carboxylic acids is 1. The van der Waals surface area contributed by atoms with Crippen LogP contribution in [-0.4, -0.2) is 69.1 Å². The Bertz CT molecular complexity index is 549. The van der Waals surface area contributed by atoms with Crippen LogP contribution in [-0.2, 0) is 21.2 Å². The molecule has 0 aliphatic carbocycles. The van der Waals surface area contributed by atoms with Crippen molar-refractivity contribution in [2.24, 2.45) is 0 Å². The van der Waals surface area contributed by atoms with Crippen LogP contribution in [0.4, 0.5) is 0 Å². The van der Waals surface area contributed by atoms with Crippen LogP contribution in [0.25, 0.3) is 0 Å². The normalized spacial score (nSPS) is 17.8. The zero-order valence-corrected chi connectivity index (χ0v) is 13.8. The molecule has 0 saturated carbocycles. The molecule has 0 radical (unpaired) electrons. The molecular weight excluding hydrogens is 310 g/mol. The predicted molar refractivity (Wildman–Crippen MR) is 83.9 cm³/mol. The molecule has 8 heteroatoms. The monoisotopic (exact) mass is 331 g/mol. The van der Waals surface area contributed by atoms with E-state index in [1.54, 1.807) is 11.3 Å². The van der Waals surface area contributed by atoms with Gasteiger partial charge >= 0.3 is 0 Å². The van der Waals surface area contributed by atoms with Crippen LogP contribution in [0.2, 0.25) is 0 Å². The first-order valence-electron chi connectivity index (χ1n) is 6.92. The lowest BCUT2D eigenvalue weighted by Crippen LogP contribution is -2.49. The number of rotatable bonds is 6. The van der Waals surface area contributed by atoms with Gasteiger partial charge in [-0.15, -0.1) is 11.3 Å². The molecule has 1 aliphatic rings. The second kappa shape index (κ2) is 7.35. The summed E-state index contributed by atoms with van der Waals surface area (Å²) in [5, 5.41) is 4.87. The van der Waals surface area contributed by atoms with Crippen molar-refractivity contribution < 1.29 is 13.2 Å². The van der Waals surface area contributed by atoms with E-state index in [4.69, 9.17) is 0 Å². The molecule has 1 aliphatic heterocycles. The smallest absolute Gasteiger partial charge is 0.225 e. The number of hydrogen-bond donors (Lipinski definition) is 1. The van der Waals surface area contributed by atoms with E-state index in [2.05, 4.69) is 10.2 Å². The molecule has 0 aromatic carbocycles. The first-order valence-corrected chi connectivity index (χ1v) is 9.64. The van der Waals surface area contributed by atoms with E-state index >= 15 is 0 Å². The summed E-state index contributed by atoms with van der Waals surface area (Å²) in [4.78, 5) is 15.0. The van der Waals surface area contributed by atoms with Crippen molar-refractivity contribution in [1.82, 2.24) is 14.5 Å². The Balaban J connectivity index is 1.63. The van der Waals surface area contributed by atoms with E-state index in [0.717, 1.165) is 11.4 Å². The van der Waals surface area contributed by atoms with Crippen molar-refractivity contribution in [3.05, 3.63) is 22.4 Å². The Morgan fingerprint density at radius 2 is 2.05 bits per heavy atom. The number of piperazine rings is 1. The van der Waals surface area contributed by atoms with Gasteiger partial charge in [0.2, 0.25) is 15.9 Å². The third-order valence-corrected chi connectivity index (χ3v) is 5.64. The molecule has 118 valence electrons. The van der Waals surface area contributed by atoms with Gasteiger partial charge in [0, 0.05) is 44.1 Å². The summed E-state index contributed by atoms with van der Waals surface area (Å²) in [6, 6.07) is 3.89. The minimum absolute atomic E-state index is 0.0345. The lowest BCUT2D eigenvalue weighted by Gasteiger charge is -2.33. The molecule has 1 fully saturated rings. The fourth-order valence-corrected chi connectivity index (χ4v) is 3.80. The van der Waals surface area contributed by atoms with Gasteiger partial charge in [0.05, 0.1) is 12.7 Å². The second-order valence-corrected chi connectivity index (χ2v) is 8.12. The molecule has 2 rings (SSSR count). The summed E-state index contributed by atoms with van der Waals surface area (Å²) in [5.41, 5.74) is 0. The van der Waals surface area contributed by atoms with Gasteiger partial charge in [0.25, 0.3) is 0 Å². The van der Waals surface area contributed by atoms with E-state index in [-0.39, 0.29) is 5.91 Å². The Morgan fingerprint density at radius 3 is 2.62 bits per heavy atom. The maximum Gasteiger partial charge on any atom is 0.225 e. The molecule has 1 aromatic heterocycles. The highest BCUT2D eigenvalue weighted by atomic mass is 32.2. The Hall–Kier alpha value is -0.960. The van der Waals surface area contributed by atoms with Crippen molar-refractivity contribution >= 4 is 27.3 Å². The minimum atomic E-state index is -3.07. The van der Waals surface area contributed by atoms with Gasteiger partial charge < -0.3 is 5.32 Å². The predicted octanol–water partition coefficient (Wildman–Crippen LogP) is -0.0160. The average Bonchev–Trinajstić information content (AvgIpc) is 2.91. The van der Waals surface area contributed by atoms with E-state index in [1.807, 2.05) is 17.5 Å². The van der Waals surface area contributed by atoms with Gasteiger partial charge in [-0.1, -0.05) is 6.07 Å². The van der Waals surface area contributed by atoms with Crippen LogP contribution in [0.3, 0.4) is 0 Å². The van der Waals surface area contributed by atoms with Crippen LogP contribution in [0.1, 0.15) is 4.88 Å². The molecule has 1 saturated heterocycles. The topological polar surface area (TPSA) is 69.7 Å². The van der Waals surface area contributed by atoms with Crippen molar-refractivity contribution in [2.45, 2.75) is 6.42 Å². The highest BCUT2D eigenvalue weighted by Gasteiger charge is 2.22. The Labute approximate surface area is 129 Å². The lowest BCUT2D eigenvalue weighted by molar-refractivity contribution is -0.120. The maximum absolute atomic E-state index is 11.7. The van der Waals surface area contributed by atoms with Crippen molar-refractivity contribution in [1.29, 1.82) is 0 Å². The van der Waals surface area contributed by atoms with E-state index < -0.39 is 10.0 Å². The average molecular weight is 331 g/mol. The van der Waals surface area contributed by atoms with Gasteiger partial charge in [-0.05, 0) is 11.4 Å². The summed E-state index contributed by atoms with van der Waals surface area (Å²) in [7, 11) is -3.07. The van der Waals surface area contributed by atoms with Gasteiger partial charge in [-0.2, -0.15) is 4.31 Å². The first kappa shape index (κ1) is 16.4. The van der Waals surface area contributed by atoms with E-state index in [1.165, 1.54) is 10.6 Å². The largest absolute Gasteiger partial charge is 0.355 e. The van der Waals surface area contributed by atoms with Gasteiger partial charge in [-0.3, -0.25) is 9.69 Å². The van der Waals surface area contributed by atoms with Crippen LogP contribution in [0.15, 0.2) is 17.5 Å². The van der Waals surface area contributed by atoms with Crippen molar-refractivity contribution in [2.75, 3.05) is 45.5 Å². The van der Waals surface area contributed by atoms with Crippen LogP contribution in [0.5, 0.6) is 0 Å². The number of amides is 1. The molecule has 2 heterocycles. The van der Waals surface area contributed by atoms with Gasteiger partial charge in [0.1, 0.15) is 0 Å². The highest BCUT2D eigenvalue weighted by Crippen LogP contribution is 2.08. The quantitative estimate of drug-likeness (QED) is 0.796. The fraction of sp³-hybridized carbons (Fsp3) is 0.615. The summed E-state index contributed by atoms with van der Waals surface area (Å²) >= 11 is 1.58. The Morgan fingerprint density at radius 1 is 1.33 bits per heavy atom. The maximum atomic E-state index is 11.7. The lowest BCUT2D eigenvalue weighted by atomic mass is 10.3. The van der Waals surface area contributed by atoms with Gasteiger partial charge in [0.15, 0.2) is 0 Å². The minimum Gasteiger partial charge on any atom is -0.355 e. The zero-order chi connectivity index (χ0) is 15.3. The van der Waals surface area contributed by atoms with E-state index in [9.17, 15) is 13.2 Å². The van der Waals surface area contributed by atoms with Gasteiger partial charge in [-0.25, -0.2) is 8.42 Å². The Kier molecular flexibility index (Phi) is 5.74. The first-order chi connectivity index (χ1) is 9.95. The summed E-state index contributed by atoms with van der Waals surface area (Å²) in [6.45, 7) is 3.85. The standard InChI is InChI=1S/C13H21N3O3S2/c1-21(18,19)16-8-6-15(7-9-16)5-4-14-13(17)11-12-3-2-10-20-12/h2-3,10H,4-9,11H2,1H3,(H,14,17). The molecule has 0 atom stereocenters. The molecule has 0 bridgehead atoms. The molecule has 1 aromatic rings. The van der Waals surface area contributed by atoms with Crippen LogP contribution >= 0.6 is 11.3 Å². The third kappa shape index (κ3) is 5.39. The molecular formula is C13H21N3O3S2. The highest BCUT2D eigenvalue weighted by molar-refractivity contribution is 7.88. The number of nitrogens with one attached hydrogen (secondary N) is 1. The second-order valence-electron chi connectivity index (χ2n) is 5.11. The SMILES string of the molecule is CS(=O)(=O)N1CCN(CCNC(=O)Cc2cccs2)CC1. The summed E-state index contributed by atoms with van der Waals surface area (Å²) in [6.07, 6.45) is 1.67.